The molecule has 0 fully saturated rings. The molecule has 0 spiro atoms. The Labute approximate surface area is 88.4 Å². The summed E-state index contributed by atoms with van der Waals surface area (Å²) in [7, 11) is 0. The molecule has 0 aliphatic heterocycles. The molecule has 1 aromatic rings. The highest BCUT2D eigenvalue weighted by molar-refractivity contribution is 7.98. The summed E-state index contributed by atoms with van der Waals surface area (Å²) < 4.78 is 37.6. The number of thioether (sulfide) groups is 1. The zero-order valence-electron chi connectivity index (χ0n) is 7.15. The Balaban J connectivity index is 3.46. The molecule has 2 N–H and O–H groups in total. The normalized spacial score (nSPS) is 11.8. The molecule has 0 saturated carbocycles. The summed E-state index contributed by atoms with van der Waals surface area (Å²) >= 11 is 6.56. The van der Waals surface area contributed by atoms with E-state index in [2.05, 4.69) is 0 Å². The van der Waals surface area contributed by atoms with Crippen LogP contribution in [0.2, 0.25) is 5.02 Å². The molecule has 0 amide bonds. The Bertz CT molecular complexity index is 351. The van der Waals surface area contributed by atoms with Gasteiger partial charge in [-0.15, -0.1) is 11.8 Å². The van der Waals surface area contributed by atoms with E-state index < -0.39 is 11.7 Å². The minimum Gasteiger partial charge on any atom is -0.398 e. The van der Waals surface area contributed by atoms with Crippen LogP contribution in [0.4, 0.5) is 18.9 Å². The molecule has 6 heteroatoms. The molecule has 0 aliphatic carbocycles. The molecule has 0 heterocycles. The Morgan fingerprint density at radius 3 is 2.29 bits per heavy atom. The van der Waals surface area contributed by atoms with E-state index in [9.17, 15) is 13.2 Å². The fourth-order valence-electron chi connectivity index (χ4n) is 1.06. The first-order chi connectivity index (χ1) is 6.38. The molecule has 1 nitrogen and oxygen atoms in total. The zero-order chi connectivity index (χ0) is 10.9. The lowest BCUT2D eigenvalue weighted by atomic mass is 10.2. The Hall–Kier alpha value is -0.550. The van der Waals surface area contributed by atoms with E-state index in [0.717, 1.165) is 17.8 Å². The van der Waals surface area contributed by atoms with Crippen LogP contribution in [0.15, 0.2) is 17.0 Å². The van der Waals surface area contributed by atoms with Crippen LogP contribution in [-0.2, 0) is 6.18 Å². The van der Waals surface area contributed by atoms with Gasteiger partial charge >= 0.3 is 6.18 Å². The number of hydrogen-bond donors (Lipinski definition) is 1. The minimum absolute atomic E-state index is 0.0285. The second-order valence-electron chi connectivity index (χ2n) is 2.54. The average molecular weight is 242 g/mol. The molecule has 0 unspecified atom stereocenters. The van der Waals surface area contributed by atoms with E-state index in [0.29, 0.717) is 0 Å². The van der Waals surface area contributed by atoms with Crippen molar-refractivity contribution in [3.8, 4) is 0 Å². The van der Waals surface area contributed by atoms with E-state index in [1.54, 1.807) is 0 Å². The summed E-state index contributed by atoms with van der Waals surface area (Å²) in [6.07, 6.45) is -2.94. The summed E-state index contributed by atoms with van der Waals surface area (Å²) in [6, 6.07) is 2.52. The van der Waals surface area contributed by atoms with Gasteiger partial charge in [-0.2, -0.15) is 13.2 Å². The first kappa shape index (κ1) is 11.5. The first-order valence-electron chi connectivity index (χ1n) is 3.57. The highest BCUT2D eigenvalue weighted by atomic mass is 35.5. The molecule has 14 heavy (non-hydrogen) atoms. The molecule has 1 aromatic carbocycles. The molecule has 0 radical (unpaired) electrons. The van der Waals surface area contributed by atoms with Crippen LogP contribution in [0.3, 0.4) is 0 Å². The lowest BCUT2D eigenvalue weighted by Gasteiger charge is -2.14. The van der Waals surface area contributed by atoms with Crippen LogP contribution in [0.25, 0.3) is 0 Å². The predicted molar refractivity (Wildman–Crippen MR) is 52.6 cm³/mol. The van der Waals surface area contributed by atoms with Crippen molar-refractivity contribution in [2.75, 3.05) is 12.0 Å². The molecular formula is C8H7ClF3NS. The van der Waals surface area contributed by atoms with Gasteiger partial charge < -0.3 is 5.73 Å². The summed E-state index contributed by atoms with van der Waals surface area (Å²) in [5.74, 6) is 0. The molecule has 0 saturated heterocycles. The second-order valence-corrected chi connectivity index (χ2v) is 3.77. The third-order valence-corrected chi connectivity index (χ3v) is 2.89. The maximum Gasteiger partial charge on any atom is 0.419 e. The van der Waals surface area contributed by atoms with Crippen molar-refractivity contribution in [3.05, 3.63) is 22.7 Å². The van der Waals surface area contributed by atoms with Crippen molar-refractivity contribution in [1.29, 1.82) is 0 Å². The Morgan fingerprint density at radius 2 is 1.93 bits per heavy atom. The molecule has 0 atom stereocenters. The van der Waals surface area contributed by atoms with E-state index in [4.69, 9.17) is 17.3 Å². The van der Waals surface area contributed by atoms with Crippen molar-refractivity contribution in [2.24, 2.45) is 0 Å². The van der Waals surface area contributed by atoms with Gasteiger partial charge in [0.05, 0.1) is 10.6 Å². The molecule has 0 bridgehead atoms. The lowest BCUT2D eigenvalue weighted by molar-refractivity contribution is -0.139. The Morgan fingerprint density at radius 1 is 1.36 bits per heavy atom. The SMILES string of the molecule is CSc1c(Cl)ccc(N)c1C(F)(F)F. The van der Waals surface area contributed by atoms with Crippen molar-refractivity contribution >= 4 is 29.1 Å². The number of hydrogen-bond acceptors (Lipinski definition) is 2. The standard InChI is InChI=1S/C8H7ClF3NS/c1-14-7-4(9)2-3-5(13)6(7)8(10,11)12/h2-3H,13H2,1H3. The molecule has 78 valence electrons. The topological polar surface area (TPSA) is 26.0 Å². The van der Waals surface area contributed by atoms with Gasteiger partial charge in [-0.1, -0.05) is 11.6 Å². The largest absolute Gasteiger partial charge is 0.419 e. The fourth-order valence-corrected chi connectivity index (χ4v) is 2.15. The van der Waals surface area contributed by atoms with E-state index in [-0.39, 0.29) is 15.6 Å². The zero-order valence-corrected chi connectivity index (χ0v) is 8.72. The number of rotatable bonds is 1. The number of nitrogens with two attached hydrogens (primary N) is 1. The van der Waals surface area contributed by atoms with E-state index in [1.165, 1.54) is 12.3 Å². The Kier molecular flexibility index (Phi) is 3.21. The summed E-state index contributed by atoms with van der Waals surface area (Å²) in [5, 5.41) is 0.0685. The van der Waals surface area contributed by atoms with Crippen molar-refractivity contribution in [3.63, 3.8) is 0 Å². The summed E-state index contributed by atoms with van der Waals surface area (Å²) in [6.45, 7) is 0. The summed E-state index contributed by atoms with van der Waals surface area (Å²) in [4.78, 5) is -0.0285. The number of halogens is 4. The van der Waals surface area contributed by atoms with Crippen molar-refractivity contribution in [1.82, 2.24) is 0 Å². The van der Waals surface area contributed by atoms with Gasteiger partial charge in [-0.3, -0.25) is 0 Å². The highest BCUT2D eigenvalue weighted by Gasteiger charge is 2.36. The van der Waals surface area contributed by atoms with Crippen molar-refractivity contribution < 1.29 is 13.2 Å². The minimum atomic E-state index is -4.46. The maximum atomic E-state index is 12.5. The molecule has 0 aromatic heterocycles. The third-order valence-electron chi connectivity index (χ3n) is 1.63. The lowest BCUT2D eigenvalue weighted by Crippen LogP contribution is -2.10. The van der Waals surface area contributed by atoms with Gasteiger partial charge in [0, 0.05) is 10.6 Å². The van der Waals surface area contributed by atoms with E-state index >= 15 is 0 Å². The monoisotopic (exact) mass is 241 g/mol. The van der Waals surface area contributed by atoms with Gasteiger partial charge in [-0.25, -0.2) is 0 Å². The molecule has 0 aliphatic rings. The average Bonchev–Trinajstić information content (AvgIpc) is 2.06. The number of benzene rings is 1. The van der Waals surface area contributed by atoms with Gasteiger partial charge in [0.1, 0.15) is 0 Å². The first-order valence-corrected chi connectivity index (χ1v) is 5.17. The van der Waals surface area contributed by atoms with Crippen LogP contribution in [-0.4, -0.2) is 6.26 Å². The molecule has 1 rings (SSSR count). The van der Waals surface area contributed by atoms with Gasteiger partial charge in [0.25, 0.3) is 0 Å². The number of alkyl halides is 3. The van der Waals surface area contributed by atoms with Gasteiger partial charge in [-0.05, 0) is 18.4 Å². The third kappa shape index (κ3) is 2.09. The van der Waals surface area contributed by atoms with Gasteiger partial charge in [0.2, 0.25) is 0 Å². The van der Waals surface area contributed by atoms with Crippen LogP contribution in [0, 0.1) is 0 Å². The molecular weight excluding hydrogens is 235 g/mol. The quantitative estimate of drug-likeness (QED) is 0.600. The smallest absolute Gasteiger partial charge is 0.398 e. The fraction of sp³-hybridized carbons (Fsp3) is 0.250. The number of nitrogen functional groups attached to an aromatic ring is 1. The predicted octanol–water partition coefficient (Wildman–Crippen LogP) is 3.66. The van der Waals surface area contributed by atoms with E-state index in [1.807, 2.05) is 0 Å². The highest BCUT2D eigenvalue weighted by Crippen LogP contribution is 2.42. The van der Waals surface area contributed by atoms with Crippen LogP contribution in [0.1, 0.15) is 5.56 Å². The van der Waals surface area contributed by atoms with Crippen LogP contribution < -0.4 is 5.73 Å². The van der Waals surface area contributed by atoms with Crippen molar-refractivity contribution in [2.45, 2.75) is 11.1 Å². The van der Waals surface area contributed by atoms with Gasteiger partial charge in [0.15, 0.2) is 0 Å². The summed E-state index contributed by atoms with van der Waals surface area (Å²) in [5.41, 5.74) is 4.11. The van der Waals surface area contributed by atoms with Crippen LogP contribution in [0.5, 0.6) is 0 Å². The maximum absolute atomic E-state index is 12.5. The second kappa shape index (κ2) is 3.90. The van der Waals surface area contributed by atoms with Crippen LogP contribution >= 0.6 is 23.4 Å². The number of anilines is 1.